The Morgan fingerprint density at radius 3 is 2.88 bits per heavy atom. The molecule has 0 amide bonds. The van der Waals surface area contributed by atoms with Crippen LogP contribution in [0.3, 0.4) is 0 Å². The Kier molecular flexibility index (Phi) is 7.03. The number of para-hydroxylation sites is 1. The molecule has 4 atom stereocenters. The normalized spacial score (nSPS) is 20.2. The van der Waals surface area contributed by atoms with Crippen LogP contribution in [0, 0.1) is 0 Å². The molecule has 1 fully saturated rings. The molecule has 1 saturated heterocycles. The van der Waals surface area contributed by atoms with E-state index in [-0.39, 0.29) is 18.8 Å². The van der Waals surface area contributed by atoms with Crippen LogP contribution in [0.2, 0.25) is 5.02 Å². The third-order valence-corrected chi connectivity index (χ3v) is 6.85. The Morgan fingerprint density at radius 1 is 1.22 bits per heavy atom. The number of ether oxygens (including phenoxy) is 2. The number of imidazole rings is 1. The van der Waals surface area contributed by atoms with Gasteiger partial charge in [-0.2, -0.15) is 0 Å². The van der Waals surface area contributed by atoms with Gasteiger partial charge in [-0.25, -0.2) is 19.7 Å². The number of hydrogen-bond acceptors (Lipinski definition) is 10. The molecule has 0 bridgehead atoms. The van der Waals surface area contributed by atoms with Gasteiger partial charge in [-0.1, -0.05) is 34.9 Å². The topological polar surface area (TPSA) is 194 Å². The maximum atomic E-state index is 11.6. The first-order valence-corrected chi connectivity index (χ1v) is 12.7. The number of benzene rings is 2. The van der Waals surface area contributed by atoms with Crippen LogP contribution >= 0.6 is 11.6 Å². The highest BCUT2D eigenvalue weighted by Gasteiger charge is 2.48. The molecular weight excluding hydrogens is 556 g/mol. The van der Waals surface area contributed by atoms with E-state index in [4.69, 9.17) is 31.0 Å². The number of fused-ring (bicyclic) bond motifs is 2. The van der Waals surface area contributed by atoms with Crippen molar-refractivity contribution < 1.29 is 28.9 Å². The number of hydrogen-bond donors (Lipinski definition) is 3. The van der Waals surface area contributed by atoms with E-state index in [1.165, 1.54) is 17.2 Å². The quantitative estimate of drug-likeness (QED) is 0.128. The van der Waals surface area contributed by atoms with Crippen molar-refractivity contribution in [1.29, 1.82) is 0 Å². The highest BCUT2D eigenvalue weighted by atomic mass is 35.5. The first-order chi connectivity index (χ1) is 19.9. The van der Waals surface area contributed by atoms with E-state index in [2.05, 4.69) is 30.3 Å². The number of nitrogens with zero attached hydrogens (tertiary/aromatic N) is 7. The molecule has 208 valence electrons. The van der Waals surface area contributed by atoms with Crippen molar-refractivity contribution >= 4 is 45.5 Å². The van der Waals surface area contributed by atoms with Crippen LogP contribution in [0.5, 0.6) is 5.75 Å². The van der Waals surface area contributed by atoms with E-state index in [9.17, 15) is 15.0 Å². The smallest absolute Gasteiger partial charge is 0.333 e. The van der Waals surface area contributed by atoms with Crippen LogP contribution in [-0.4, -0.2) is 54.0 Å². The van der Waals surface area contributed by atoms with Crippen LogP contribution in [0.15, 0.2) is 70.7 Å². The van der Waals surface area contributed by atoms with Gasteiger partial charge in [0.05, 0.1) is 6.33 Å². The minimum atomic E-state index is -1.54. The monoisotopic (exact) mass is 576 g/mol. The molecule has 15 heteroatoms. The molecule has 2 aromatic carbocycles. The molecule has 0 unspecified atom stereocenters. The van der Waals surface area contributed by atoms with Crippen LogP contribution in [0.4, 0.5) is 5.82 Å². The summed E-state index contributed by atoms with van der Waals surface area (Å²) >= 11 is 6.27. The summed E-state index contributed by atoms with van der Waals surface area (Å²) in [7, 11) is 0. The van der Waals surface area contributed by atoms with E-state index < -0.39 is 30.4 Å². The molecule has 3 aromatic heterocycles. The molecule has 1 aliphatic heterocycles. The fourth-order valence-electron chi connectivity index (χ4n) is 4.71. The lowest BCUT2D eigenvalue weighted by molar-refractivity contribution is -0.152. The molecule has 4 heterocycles. The predicted molar refractivity (Wildman–Crippen MR) is 145 cm³/mol. The molecule has 0 saturated carbocycles. The van der Waals surface area contributed by atoms with Gasteiger partial charge in [0.2, 0.25) is 0 Å². The minimum Gasteiger partial charge on any atom is -0.485 e. The molecule has 6 rings (SSSR count). The number of aliphatic carboxylic acids is 1. The number of aliphatic hydroxyl groups excluding tert-OH is 1. The standard InChI is InChI=1S/C26H21ClN8O6/c27-15-5-6-17(39-10-16-8-13-3-1-2-4-18(13)40-16)14(7-15)9-29-23-20-24(31-11-30-23)35(12-32-20)25-21(36)19(33-34-28)22(41-25)26(37)38/h1-8,11-12,19,21-22,25,36H,9-10H2,(H,37,38)(H,29,30,31)/t19-,21+,22-,25+/m0/s1. The van der Waals surface area contributed by atoms with Gasteiger partial charge in [0.1, 0.15) is 42.2 Å². The molecule has 14 nitrogen and oxygen atoms in total. The van der Waals surface area contributed by atoms with Crippen LogP contribution in [0.1, 0.15) is 17.6 Å². The second-order valence-electron chi connectivity index (χ2n) is 9.16. The summed E-state index contributed by atoms with van der Waals surface area (Å²) in [6.07, 6.45) is -1.56. The van der Waals surface area contributed by atoms with Crippen molar-refractivity contribution in [2.45, 2.75) is 37.6 Å². The summed E-state index contributed by atoms with van der Waals surface area (Å²) in [5.41, 5.74) is 10.9. The molecule has 41 heavy (non-hydrogen) atoms. The minimum absolute atomic E-state index is 0.212. The summed E-state index contributed by atoms with van der Waals surface area (Å²) in [4.78, 5) is 27.1. The molecule has 0 aliphatic carbocycles. The van der Waals surface area contributed by atoms with Crippen molar-refractivity contribution in [2.75, 3.05) is 5.32 Å². The van der Waals surface area contributed by atoms with Crippen molar-refractivity contribution in [1.82, 2.24) is 19.5 Å². The summed E-state index contributed by atoms with van der Waals surface area (Å²) in [6, 6.07) is 13.6. The van der Waals surface area contributed by atoms with Gasteiger partial charge < -0.3 is 29.4 Å². The Morgan fingerprint density at radius 2 is 2.07 bits per heavy atom. The van der Waals surface area contributed by atoms with Gasteiger partial charge in [-0.15, -0.1) is 0 Å². The van der Waals surface area contributed by atoms with Crippen LogP contribution in [-0.2, 0) is 22.7 Å². The van der Waals surface area contributed by atoms with Crippen molar-refractivity contribution in [3.05, 3.63) is 88.0 Å². The van der Waals surface area contributed by atoms with E-state index >= 15 is 0 Å². The third kappa shape index (κ3) is 5.08. The molecule has 5 aromatic rings. The SMILES string of the molecule is [N-]=[N+]=N[C@H]1[C@@H](O)[C@H](n2cnc3c(NCc4cc(Cl)ccc4OCc4cc5ccccc5o4)ncnc32)O[C@@H]1C(=O)O. The second-order valence-corrected chi connectivity index (χ2v) is 9.60. The lowest BCUT2D eigenvalue weighted by Gasteiger charge is -2.16. The Hall–Kier alpha value is -4.88. The van der Waals surface area contributed by atoms with Crippen LogP contribution in [0.25, 0.3) is 32.6 Å². The maximum absolute atomic E-state index is 11.6. The highest BCUT2D eigenvalue weighted by Crippen LogP contribution is 2.34. The summed E-state index contributed by atoms with van der Waals surface area (Å²) in [5.74, 6) is 0.257. The van der Waals surface area contributed by atoms with Gasteiger partial charge >= 0.3 is 5.97 Å². The molecule has 3 N–H and O–H groups in total. The van der Waals surface area contributed by atoms with Crippen molar-refractivity contribution in [2.24, 2.45) is 5.11 Å². The Balaban J connectivity index is 1.21. The lowest BCUT2D eigenvalue weighted by atomic mass is 10.1. The second kappa shape index (κ2) is 10.9. The fraction of sp³-hybridized carbons (Fsp3) is 0.231. The average Bonchev–Trinajstić information content (AvgIpc) is 3.67. The zero-order valence-corrected chi connectivity index (χ0v) is 21.8. The number of anilines is 1. The zero-order chi connectivity index (χ0) is 28.5. The van der Waals surface area contributed by atoms with Gasteiger partial charge in [0.25, 0.3) is 0 Å². The summed E-state index contributed by atoms with van der Waals surface area (Å²) < 4.78 is 18.8. The number of nitrogens with one attached hydrogen (secondary N) is 1. The average molecular weight is 577 g/mol. The predicted octanol–water partition coefficient (Wildman–Crippen LogP) is 4.44. The van der Waals surface area contributed by atoms with E-state index in [1.54, 1.807) is 18.2 Å². The number of halogens is 1. The highest BCUT2D eigenvalue weighted by molar-refractivity contribution is 6.30. The number of aliphatic hydroxyl groups is 1. The first-order valence-electron chi connectivity index (χ1n) is 12.3. The number of rotatable bonds is 9. The first kappa shape index (κ1) is 26.3. The number of carbonyl (C=O) groups is 1. The Labute approximate surface area is 235 Å². The van der Waals surface area contributed by atoms with Gasteiger partial charge in [-0.05, 0) is 35.9 Å². The van der Waals surface area contributed by atoms with Gasteiger partial charge in [0, 0.05) is 27.4 Å². The number of furan rings is 1. The number of aromatic nitrogens is 4. The van der Waals surface area contributed by atoms with Crippen molar-refractivity contribution in [3.8, 4) is 5.75 Å². The lowest BCUT2D eigenvalue weighted by Crippen LogP contribution is -2.34. The van der Waals surface area contributed by atoms with Gasteiger partial charge in [0.15, 0.2) is 29.3 Å². The zero-order valence-electron chi connectivity index (χ0n) is 21.0. The molecule has 0 radical (unpaired) electrons. The summed E-state index contributed by atoms with van der Waals surface area (Å²) in [5, 5.41) is 28.3. The number of azide groups is 1. The number of carboxylic acid groups (broad SMARTS) is 1. The molecule has 0 spiro atoms. The largest absolute Gasteiger partial charge is 0.485 e. The fourth-order valence-corrected chi connectivity index (χ4v) is 4.91. The van der Waals surface area contributed by atoms with E-state index in [0.717, 1.165) is 16.5 Å². The van der Waals surface area contributed by atoms with Crippen molar-refractivity contribution in [3.63, 3.8) is 0 Å². The third-order valence-electron chi connectivity index (χ3n) is 6.61. The Bertz CT molecular complexity index is 1770. The van der Waals surface area contributed by atoms with E-state index in [1.807, 2.05) is 30.3 Å². The number of carboxylic acids is 1. The maximum Gasteiger partial charge on any atom is 0.333 e. The summed E-state index contributed by atoms with van der Waals surface area (Å²) in [6.45, 7) is 0.473. The van der Waals surface area contributed by atoms with Gasteiger partial charge in [-0.3, -0.25) is 4.57 Å². The van der Waals surface area contributed by atoms with E-state index in [0.29, 0.717) is 27.9 Å². The molecule has 1 aliphatic rings. The van der Waals surface area contributed by atoms with Crippen LogP contribution < -0.4 is 10.1 Å². The molecular formula is C26H21ClN8O6.